The molecule has 0 amide bonds. The van der Waals surface area contributed by atoms with Gasteiger partial charge in [-0.2, -0.15) is 0 Å². The van der Waals surface area contributed by atoms with E-state index < -0.39 is 0 Å². The Balaban J connectivity index is 2.15. The van der Waals surface area contributed by atoms with Crippen molar-refractivity contribution in [2.75, 3.05) is 5.32 Å². The van der Waals surface area contributed by atoms with Gasteiger partial charge in [-0.1, -0.05) is 25.4 Å². The summed E-state index contributed by atoms with van der Waals surface area (Å²) in [4.78, 5) is 8.72. The van der Waals surface area contributed by atoms with Crippen molar-refractivity contribution in [2.45, 2.75) is 46.1 Å². The fraction of sp³-hybridized carbons (Fsp3) is 0.667. The van der Waals surface area contributed by atoms with E-state index in [1.807, 2.05) is 13.8 Å². The molecular weight excluding hydrogens is 222 g/mol. The molecule has 0 radical (unpaired) electrons. The average Bonchev–Trinajstić information content (AvgIpc) is 2.22. The van der Waals surface area contributed by atoms with Gasteiger partial charge in [0.05, 0.1) is 0 Å². The van der Waals surface area contributed by atoms with E-state index in [1.54, 1.807) is 0 Å². The standard InChI is InChI=1S/C12H18ClN3/c1-4-10-15-11(13)8(3)12(16-10)14-9-5-7(2)6-9/h7,9H,4-6H2,1-3H3,(H,14,15,16). The SMILES string of the molecule is CCc1nc(Cl)c(C)c(NC2CC(C)C2)n1. The average molecular weight is 240 g/mol. The molecule has 1 aromatic rings. The molecular formula is C12H18ClN3. The number of aryl methyl sites for hydroxylation is 1. The number of nitrogens with one attached hydrogen (secondary N) is 1. The van der Waals surface area contributed by atoms with Gasteiger partial charge < -0.3 is 5.32 Å². The van der Waals surface area contributed by atoms with E-state index in [0.29, 0.717) is 11.2 Å². The van der Waals surface area contributed by atoms with Crippen LogP contribution in [0.1, 0.15) is 38.1 Å². The quantitative estimate of drug-likeness (QED) is 0.824. The van der Waals surface area contributed by atoms with Gasteiger partial charge in [0.1, 0.15) is 16.8 Å². The minimum absolute atomic E-state index is 0.560. The molecule has 0 aliphatic heterocycles. The number of rotatable bonds is 3. The summed E-state index contributed by atoms with van der Waals surface area (Å²) in [5.41, 5.74) is 0.957. The smallest absolute Gasteiger partial charge is 0.137 e. The van der Waals surface area contributed by atoms with Crippen molar-refractivity contribution in [1.82, 2.24) is 9.97 Å². The van der Waals surface area contributed by atoms with Crippen molar-refractivity contribution in [3.05, 3.63) is 16.5 Å². The van der Waals surface area contributed by atoms with Crippen LogP contribution < -0.4 is 5.32 Å². The van der Waals surface area contributed by atoms with Crippen LogP contribution in [0.5, 0.6) is 0 Å². The van der Waals surface area contributed by atoms with Crippen molar-refractivity contribution in [2.24, 2.45) is 5.92 Å². The molecule has 0 spiro atoms. The topological polar surface area (TPSA) is 37.8 Å². The van der Waals surface area contributed by atoms with Crippen molar-refractivity contribution in [3.8, 4) is 0 Å². The van der Waals surface area contributed by atoms with Crippen LogP contribution in [0, 0.1) is 12.8 Å². The molecule has 88 valence electrons. The molecule has 1 aromatic heterocycles. The maximum atomic E-state index is 6.08. The Hall–Kier alpha value is -0.830. The van der Waals surface area contributed by atoms with E-state index in [4.69, 9.17) is 11.6 Å². The van der Waals surface area contributed by atoms with Gasteiger partial charge in [0, 0.05) is 18.0 Å². The van der Waals surface area contributed by atoms with E-state index in [1.165, 1.54) is 12.8 Å². The van der Waals surface area contributed by atoms with Crippen molar-refractivity contribution in [1.29, 1.82) is 0 Å². The Kier molecular flexibility index (Phi) is 3.33. The van der Waals surface area contributed by atoms with Crippen LogP contribution in [0.3, 0.4) is 0 Å². The van der Waals surface area contributed by atoms with Gasteiger partial charge in [0.15, 0.2) is 0 Å². The molecule has 0 bridgehead atoms. The molecule has 2 rings (SSSR count). The molecule has 1 aliphatic rings. The maximum Gasteiger partial charge on any atom is 0.137 e. The zero-order valence-corrected chi connectivity index (χ0v) is 10.8. The first kappa shape index (κ1) is 11.6. The third-order valence-corrected chi connectivity index (χ3v) is 3.53. The van der Waals surface area contributed by atoms with Crippen molar-refractivity contribution >= 4 is 17.4 Å². The molecule has 0 atom stereocenters. The highest BCUT2D eigenvalue weighted by Crippen LogP contribution is 2.30. The second kappa shape index (κ2) is 4.58. The van der Waals surface area contributed by atoms with Crippen LogP contribution in [0.15, 0.2) is 0 Å². The lowest BCUT2D eigenvalue weighted by atomic mass is 9.82. The van der Waals surface area contributed by atoms with Crippen molar-refractivity contribution < 1.29 is 0 Å². The molecule has 1 N–H and O–H groups in total. The number of nitrogens with zero attached hydrogens (tertiary/aromatic N) is 2. The molecule has 1 aliphatic carbocycles. The Morgan fingerprint density at radius 1 is 1.38 bits per heavy atom. The van der Waals surface area contributed by atoms with E-state index in [9.17, 15) is 0 Å². The van der Waals surface area contributed by atoms with Crippen LogP contribution in [0.25, 0.3) is 0 Å². The zero-order chi connectivity index (χ0) is 11.7. The highest BCUT2D eigenvalue weighted by Gasteiger charge is 2.26. The fourth-order valence-corrected chi connectivity index (χ4v) is 2.23. The minimum atomic E-state index is 0.560. The van der Waals surface area contributed by atoms with Crippen LogP contribution in [-0.4, -0.2) is 16.0 Å². The summed E-state index contributed by atoms with van der Waals surface area (Å²) in [5.74, 6) is 2.56. The van der Waals surface area contributed by atoms with Gasteiger partial charge >= 0.3 is 0 Å². The Labute approximate surface area is 102 Å². The summed E-state index contributed by atoms with van der Waals surface area (Å²) in [6.45, 7) is 6.28. The molecule has 1 fully saturated rings. The van der Waals surface area contributed by atoms with Gasteiger partial charge in [-0.05, 0) is 25.7 Å². The molecule has 4 heteroatoms. The predicted molar refractivity (Wildman–Crippen MR) is 67.0 cm³/mol. The summed E-state index contributed by atoms with van der Waals surface area (Å²) in [6.07, 6.45) is 3.26. The second-order valence-electron chi connectivity index (χ2n) is 4.68. The molecule has 1 saturated carbocycles. The number of hydrogen-bond acceptors (Lipinski definition) is 3. The van der Waals surface area contributed by atoms with E-state index >= 15 is 0 Å². The number of halogens is 1. The fourth-order valence-electron chi connectivity index (χ4n) is 2.04. The molecule has 0 saturated heterocycles. The molecule has 16 heavy (non-hydrogen) atoms. The van der Waals surface area contributed by atoms with Gasteiger partial charge in [-0.15, -0.1) is 0 Å². The van der Waals surface area contributed by atoms with Crippen LogP contribution in [-0.2, 0) is 6.42 Å². The van der Waals surface area contributed by atoms with Gasteiger partial charge in [-0.25, -0.2) is 9.97 Å². The van der Waals surface area contributed by atoms with Crippen LogP contribution in [0.2, 0.25) is 5.15 Å². The summed E-state index contributed by atoms with van der Waals surface area (Å²) >= 11 is 6.08. The lowest BCUT2D eigenvalue weighted by molar-refractivity contribution is 0.308. The third kappa shape index (κ3) is 2.29. The minimum Gasteiger partial charge on any atom is -0.367 e. The molecule has 0 aromatic carbocycles. The van der Waals surface area contributed by atoms with E-state index in [-0.39, 0.29) is 0 Å². The van der Waals surface area contributed by atoms with Crippen molar-refractivity contribution in [3.63, 3.8) is 0 Å². The largest absolute Gasteiger partial charge is 0.367 e. The Bertz CT molecular complexity index is 386. The van der Waals surface area contributed by atoms with Gasteiger partial charge in [0.25, 0.3) is 0 Å². The Morgan fingerprint density at radius 3 is 2.62 bits per heavy atom. The van der Waals surface area contributed by atoms with Gasteiger partial charge in [-0.3, -0.25) is 0 Å². The zero-order valence-electron chi connectivity index (χ0n) is 10.0. The first-order chi connectivity index (χ1) is 7.60. The van der Waals surface area contributed by atoms with E-state index in [2.05, 4.69) is 22.2 Å². The lowest BCUT2D eigenvalue weighted by Gasteiger charge is -2.34. The monoisotopic (exact) mass is 239 g/mol. The number of aromatic nitrogens is 2. The molecule has 1 heterocycles. The normalized spacial score (nSPS) is 24.0. The second-order valence-corrected chi connectivity index (χ2v) is 5.03. The molecule has 3 nitrogen and oxygen atoms in total. The molecule has 0 unspecified atom stereocenters. The number of hydrogen-bond donors (Lipinski definition) is 1. The summed E-state index contributed by atoms with van der Waals surface area (Å²) < 4.78 is 0. The Morgan fingerprint density at radius 2 is 2.06 bits per heavy atom. The summed E-state index contributed by atoms with van der Waals surface area (Å²) in [7, 11) is 0. The van der Waals surface area contributed by atoms with Gasteiger partial charge in [0.2, 0.25) is 0 Å². The summed E-state index contributed by atoms with van der Waals surface area (Å²) in [5, 5.41) is 4.03. The predicted octanol–water partition coefficient (Wildman–Crippen LogP) is 3.21. The first-order valence-electron chi connectivity index (χ1n) is 5.89. The summed E-state index contributed by atoms with van der Waals surface area (Å²) in [6, 6.07) is 0.560. The highest BCUT2D eigenvalue weighted by atomic mass is 35.5. The highest BCUT2D eigenvalue weighted by molar-refractivity contribution is 6.30. The lowest BCUT2D eigenvalue weighted by Crippen LogP contribution is -2.34. The maximum absolute atomic E-state index is 6.08. The third-order valence-electron chi connectivity index (χ3n) is 3.16. The number of anilines is 1. The van der Waals surface area contributed by atoms with Crippen LogP contribution >= 0.6 is 11.6 Å². The van der Waals surface area contributed by atoms with E-state index in [0.717, 1.165) is 29.5 Å². The first-order valence-corrected chi connectivity index (χ1v) is 6.27. The van der Waals surface area contributed by atoms with Crippen LogP contribution in [0.4, 0.5) is 5.82 Å².